The third kappa shape index (κ3) is 6.06. The summed E-state index contributed by atoms with van der Waals surface area (Å²) in [5.41, 5.74) is 0.880. The van der Waals surface area contributed by atoms with Crippen LogP contribution in [0.25, 0.3) is 0 Å². The van der Waals surface area contributed by atoms with Gasteiger partial charge in [-0.3, -0.25) is 4.79 Å². The first-order chi connectivity index (χ1) is 10.1. The van der Waals surface area contributed by atoms with Crippen LogP contribution < -0.4 is 4.74 Å². The number of methoxy groups -OCH3 is 1. The Hall–Kier alpha value is -1.71. The van der Waals surface area contributed by atoms with Crippen molar-refractivity contribution in [2.45, 2.75) is 51.9 Å². The van der Waals surface area contributed by atoms with Crippen LogP contribution in [-0.4, -0.2) is 23.3 Å². The van der Waals surface area contributed by atoms with Crippen molar-refractivity contribution in [1.82, 2.24) is 0 Å². The van der Waals surface area contributed by atoms with Gasteiger partial charge in [-0.15, -0.1) is 0 Å². The van der Waals surface area contributed by atoms with Gasteiger partial charge < -0.3 is 14.9 Å². The van der Waals surface area contributed by atoms with Crippen LogP contribution in [0.3, 0.4) is 0 Å². The van der Waals surface area contributed by atoms with Gasteiger partial charge >= 0.3 is 5.97 Å². The number of phenols is 1. The highest BCUT2D eigenvalue weighted by Gasteiger charge is 2.18. The van der Waals surface area contributed by atoms with Gasteiger partial charge in [0.05, 0.1) is 13.0 Å². The first-order valence-corrected chi connectivity index (χ1v) is 7.67. The van der Waals surface area contributed by atoms with Crippen molar-refractivity contribution in [2.24, 2.45) is 5.92 Å². The third-order valence-electron chi connectivity index (χ3n) is 3.73. The Morgan fingerprint density at radius 3 is 2.57 bits per heavy atom. The molecule has 0 aromatic heterocycles. The molecule has 0 aliphatic rings. The Kier molecular flexibility index (Phi) is 7.65. The van der Waals surface area contributed by atoms with Crippen LogP contribution >= 0.6 is 0 Å². The molecule has 1 aromatic carbocycles. The van der Waals surface area contributed by atoms with Crippen molar-refractivity contribution in [3.05, 3.63) is 23.8 Å². The van der Waals surface area contributed by atoms with Gasteiger partial charge in [0.15, 0.2) is 11.5 Å². The first kappa shape index (κ1) is 17.3. The molecule has 4 heteroatoms. The largest absolute Gasteiger partial charge is 0.504 e. The summed E-state index contributed by atoms with van der Waals surface area (Å²) in [4.78, 5) is 11.4. The number of aromatic hydroxyl groups is 1. The molecular formula is C17H26O4. The minimum atomic E-state index is -0.752. The molecule has 0 spiro atoms. The quantitative estimate of drug-likeness (QED) is 0.640. The van der Waals surface area contributed by atoms with Crippen molar-refractivity contribution in [3.8, 4) is 11.5 Å². The van der Waals surface area contributed by atoms with Crippen LogP contribution in [0, 0.1) is 5.92 Å². The van der Waals surface area contributed by atoms with E-state index in [2.05, 4.69) is 6.92 Å². The molecule has 0 aliphatic carbocycles. The SMILES string of the molecule is CCCCCCCC(Cc1ccc(O)c(OC)c1)C(=O)O. The predicted octanol–water partition coefficient (Wildman–Crippen LogP) is 4.00. The highest BCUT2D eigenvalue weighted by molar-refractivity contribution is 5.70. The average molecular weight is 294 g/mol. The van der Waals surface area contributed by atoms with Crippen molar-refractivity contribution in [3.63, 3.8) is 0 Å². The van der Waals surface area contributed by atoms with Gasteiger partial charge in [-0.2, -0.15) is 0 Å². The molecule has 1 unspecified atom stereocenters. The van der Waals surface area contributed by atoms with Gasteiger partial charge in [0.1, 0.15) is 0 Å². The standard InChI is InChI=1S/C17H26O4/c1-3-4-5-6-7-8-14(17(19)20)11-13-9-10-15(18)16(12-13)21-2/h9-10,12,14,18H,3-8,11H2,1-2H3,(H,19,20). The smallest absolute Gasteiger partial charge is 0.306 e. The van der Waals surface area contributed by atoms with Gasteiger partial charge in [-0.05, 0) is 30.5 Å². The number of unbranched alkanes of at least 4 members (excludes halogenated alkanes) is 4. The summed E-state index contributed by atoms with van der Waals surface area (Å²) >= 11 is 0. The molecule has 118 valence electrons. The molecule has 1 rings (SSSR count). The van der Waals surface area contributed by atoms with Gasteiger partial charge in [0.2, 0.25) is 0 Å². The zero-order chi connectivity index (χ0) is 15.7. The van der Waals surface area contributed by atoms with Crippen LogP contribution in [0.2, 0.25) is 0 Å². The summed E-state index contributed by atoms with van der Waals surface area (Å²) in [5.74, 6) is -0.661. The lowest BCUT2D eigenvalue weighted by Gasteiger charge is -2.13. The van der Waals surface area contributed by atoms with Crippen LogP contribution in [0.15, 0.2) is 18.2 Å². The molecule has 21 heavy (non-hydrogen) atoms. The number of ether oxygens (including phenoxy) is 1. The maximum atomic E-state index is 11.4. The highest BCUT2D eigenvalue weighted by atomic mass is 16.5. The summed E-state index contributed by atoms with van der Waals surface area (Å²) in [6, 6.07) is 5.02. The van der Waals surface area contributed by atoms with Crippen LogP contribution in [0.5, 0.6) is 11.5 Å². The molecule has 0 bridgehead atoms. The maximum absolute atomic E-state index is 11.4. The molecule has 1 atom stereocenters. The van der Waals surface area contributed by atoms with Crippen LogP contribution in [-0.2, 0) is 11.2 Å². The predicted molar refractivity (Wildman–Crippen MR) is 82.9 cm³/mol. The Morgan fingerprint density at radius 2 is 1.95 bits per heavy atom. The molecule has 0 fully saturated rings. The minimum Gasteiger partial charge on any atom is -0.504 e. The zero-order valence-electron chi connectivity index (χ0n) is 13.0. The number of carboxylic acids is 1. The molecule has 0 saturated carbocycles. The lowest BCUT2D eigenvalue weighted by atomic mass is 9.93. The minimum absolute atomic E-state index is 0.0766. The van der Waals surface area contributed by atoms with Crippen molar-refractivity contribution < 1.29 is 19.7 Å². The second-order valence-electron chi connectivity index (χ2n) is 5.45. The van der Waals surface area contributed by atoms with E-state index in [4.69, 9.17) is 4.74 Å². The summed E-state index contributed by atoms with van der Waals surface area (Å²) < 4.78 is 5.06. The second kappa shape index (κ2) is 9.27. The van der Waals surface area contributed by atoms with Gasteiger partial charge in [-0.25, -0.2) is 0 Å². The van der Waals surface area contributed by atoms with Crippen LogP contribution in [0.1, 0.15) is 51.0 Å². The zero-order valence-corrected chi connectivity index (χ0v) is 13.0. The summed E-state index contributed by atoms with van der Waals surface area (Å²) in [6.07, 6.45) is 6.79. The first-order valence-electron chi connectivity index (χ1n) is 7.67. The van der Waals surface area contributed by atoms with E-state index in [1.54, 1.807) is 18.2 Å². The fourth-order valence-electron chi connectivity index (χ4n) is 2.44. The normalized spacial score (nSPS) is 12.1. The van der Waals surface area contributed by atoms with E-state index >= 15 is 0 Å². The van der Waals surface area contributed by atoms with Crippen LogP contribution in [0.4, 0.5) is 0 Å². The third-order valence-corrected chi connectivity index (χ3v) is 3.73. The molecule has 0 radical (unpaired) electrons. The number of carboxylic acid groups (broad SMARTS) is 1. The van der Waals surface area contributed by atoms with Crippen molar-refractivity contribution in [2.75, 3.05) is 7.11 Å². The van der Waals surface area contributed by atoms with E-state index in [9.17, 15) is 15.0 Å². The fourth-order valence-corrected chi connectivity index (χ4v) is 2.44. The summed E-state index contributed by atoms with van der Waals surface area (Å²) in [5, 5.41) is 18.9. The van der Waals surface area contributed by atoms with E-state index < -0.39 is 5.97 Å². The molecule has 0 amide bonds. The van der Waals surface area contributed by atoms with E-state index in [0.29, 0.717) is 18.6 Å². The monoisotopic (exact) mass is 294 g/mol. The lowest BCUT2D eigenvalue weighted by molar-refractivity contribution is -0.142. The van der Waals surface area contributed by atoms with Crippen molar-refractivity contribution >= 4 is 5.97 Å². The highest BCUT2D eigenvalue weighted by Crippen LogP contribution is 2.28. The van der Waals surface area contributed by atoms with Gasteiger partial charge in [0.25, 0.3) is 0 Å². The Bertz CT molecular complexity index is 442. The molecule has 0 saturated heterocycles. The number of phenolic OH excluding ortho intramolecular Hbond substituents is 1. The van der Waals surface area contributed by atoms with E-state index in [-0.39, 0.29) is 11.7 Å². The Labute approximate surface area is 126 Å². The number of carbonyl (C=O) groups is 1. The average Bonchev–Trinajstić information content (AvgIpc) is 2.47. The number of benzene rings is 1. The summed E-state index contributed by atoms with van der Waals surface area (Å²) in [7, 11) is 1.49. The summed E-state index contributed by atoms with van der Waals surface area (Å²) in [6.45, 7) is 2.16. The fraction of sp³-hybridized carbons (Fsp3) is 0.588. The van der Waals surface area contributed by atoms with E-state index in [1.807, 2.05) is 0 Å². The number of aliphatic carboxylic acids is 1. The molecule has 1 aromatic rings. The van der Waals surface area contributed by atoms with E-state index in [0.717, 1.165) is 18.4 Å². The van der Waals surface area contributed by atoms with Gasteiger partial charge in [0, 0.05) is 0 Å². The maximum Gasteiger partial charge on any atom is 0.306 e. The Morgan fingerprint density at radius 1 is 1.24 bits per heavy atom. The molecular weight excluding hydrogens is 268 g/mol. The number of rotatable bonds is 10. The van der Waals surface area contributed by atoms with E-state index in [1.165, 1.54) is 26.4 Å². The lowest BCUT2D eigenvalue weighted by Crippen LogP contribution is -2.16. The molecule has 4 nitrogen and oxygen atoms in total. The Balaban J connectivity index is 2.56. The molecule has 0 heterocycles. The number of hydrogen-bond acceptors (Lipinski definition) is 3. The second-order valence-corrected chi connectivity index (χ2v) is 5.45. The van der Waals surface area contributed by atoms with Crippen molar-refractivity contribution in [1.29, 1.82) is 0 Å². The topological polar surface area (TPSA) is 66.8 Å². The molecule has 2 N–H and O–H groups in total. The number of hydrogen-bond donors (Lipinski definition) is 2. The molecule has 0 aliphatic heterocycles. The van der Waals surface area contributed by atoms with Gasteiger partial charge in [-0.1, -0.05) is 45.1 Å².